The Hall–Kier alpha value is -6.13. The summed E-state index contributed by atoms with van der Waals surface area (Å²) in [5.74, 6) is 1.85. The fraction of sp³-hybridized carbons (Fsp3) is 0.0682. The molecule has 0 saturated carbocycles. The quantitative estimate of drug-likeness (QED) is 0.186. The lowest BCUT2D eigenvalue weighted by Crippen LogP contribution is -2.15. The van der Waals surface area contributed by atoms with E-state index in [-0.39, 0.29) is 5.41 Å². The molecule has 0 radical (unpaired) electrons. The Balaban J connectivity index is 1.26. The zero-order valence-corrected chi connectivity index (χ0v) is 26.5. The third-order valence-corrected chi connectivity index (χ3v) is 10.1. The molecule has 0 aliphatic heterocycles. The second-order valence-electron chi connectivity index (χ2n) is 13.2. The van der Waals surface area contributed by atoms with Crippen molar-refractivity contribution < 1.29 is 4.42 Å². The summed E-state index contributed by atoms with van der Waals surface area (Å²) in [5, 5.41) is 6.74. The van der Waals surface area contributed by atoms with Gasteiger partial charge in [-0.15, -0.1) is 0 Å². The van der Waals surface area contributed by atoms with Gasteiger partial charge in [0.25, 0.3) is 0 Å². The number of hydrogen-bond donors (Lipinski definition) is 0. The van der Waals surface area contributed by atoms with Crippen LogP contribution in [0, 0.1) is 0 Å². The van der Waals surface area contributed by atoms with Gasteiger partial charge in [-0.2, -0.15) is 0 Å². The zero-order valence-electron chi connectivity index (χ0n) is 26.5. The summed E-state index contributed by atoms with van der Waals surface area (Å²) in [4.78, 5) is 15.7. The van der Waals surface area contributed by atoms with Gasteiger partial charge in [0.1, 0.15) is 11.2 Å². The molecule has 226 valence electrons. The molecule has 0 spiro atoms. The van der Waals surface area contributed by atoms with Crippen LogP contribution < -0.4 is 0 Å². The van der Waals surface area contributed by atoms with Gasteiger partial charge in [-0.1, -0.05) is 135 Å². The number of aromatic nitrogens is 3. The van der Waals surface area contributed by atoms with Gasteiger partial charge in [-0.3, -0.25) is 0 Å². The zero-order chi connectivity index (χ0) is 32.0. The molecule has 2 heterocycles. The highest BCUT2D eigenvalue weighted by Gasteiger charge is 2.35. The maximum absolute atomic E-state index is 6.48. The third-order valence-electron chi connectivity index (χ3n) is 10.1. The first-order chi connectivity index (χ1) is 23.5. The van der Waals surface area contributed by atoms with Gasteiger partial charge in [-0.25, -0.2) is 15.0 Å². The Kier molecular flexibility index (Phi) is 5.59. The van der Waals surface area contributed by atoms with E-state index in [1.165, 1.54) is 33.0 Å². The van der Waals surface area contributed by atoms with Gasteiger partial charge in [0.05, 0.1) is 5.56 Å². The minimum Gasteiger partial charge on any atom is -0.455 e. The molecule has 48 heavy (non-hydrogen) atoms. The molecule has 7 aromatic carbocycles. The lowest BCUT2D eigenvalue weighted by atomic mass is 9.82. The first kappa shape index (κ1) is 27.0. The number of hydrogen-bond acceptors (Lipinski definition) is 4. The largest absolute Gasteiger partial charge is 0.455 e. The molecule has 9 aromatic rings. The van der Waals surface area contributed by atoms with E-state index in [9.17, 15) is 0 Å². The van der Waals surface area contributed by atoms with Crippen molar-refractivity contribution >= 4 is 43.5 Å². The standard InChI is InChI=1S/C44H29N3O/c1-44(2)36-19-7-5-14-30(36)31-24-23-28(25-37(31)44)41-45-42(34-17-9-12-27-22-21-26-11-3-4-13-29(26)39(27)34)47-43(46-41)35-18-10-16-33-32-15-6-8-20-38(32)48-40(33)35/h3-25H,1-2H3. The molecular formula is C44H29N3O. The topological polar surface area (TPSA) is 51.8 Å². The molecule has 0 fully saturated rings. The molecule has 1 aliphatic carbocycles. The minimum absolute atomic E-state index is 0.144. The van der Waals surface area contributed by atoms with Gasteiger partial charge >= 0.3 is 0 Å². The molecule has 0 atom stereocenters. The van der Waals surface area contributed by atoms with Gasteiger partial charge in [0.2, 0.25) is 0 Å². The van der Waals surface area contributed by atoms with Crippen LogP contribution in [0.25, 0.3) is 88.8 Å². The van der Waals surface area contributed by atoms with E-state index >= 15 is 0 Å². The molecule has 10 rings (SSSR count). The maximum atomic E-state index is 6.48. The number of furan rings is 1. The molecule has 1 aliphatic rings. The SMILES string of the molecule is CC1(C)c2ccccc2-c2ccc(-c3nc(-c4cccc5c4oc4ccccc45)nc(-c4cccc5ccc6ccccc6c45)n3)cc21. The van der Waals surface area contributed by atoms with Crippen LogP contribution in [-0.4, -0.2) is 15.0 Å². The smallest absolute Gasteiger partial charge is 0.167 e. The average Bonchev–Trinajstić information content (AvgIpc) is 3.63. The molecule has 0 unspecified atom stereocenters. The van der Waals surface area contributed by atoms with Crippen LogP contribution in [0.15, 0.2) is 144 Å². The van der Waals surface area contributed by atoms with Crippen LogP contribution in [0.4, 0.5) is 0 Å². The molecule has 0 bridgehead atoms. The number of nitrogens with zero attached hydrogens (tertiary/aromatic N) is 3. The second kappa shape index (κ2) is 9.93. The first-order valence-corrected chi connectivity index (χ1v) is 16.4. The molecule has 0 amide bonds. The summed E-state index contributed by atoms with van der Waals surface area (Å²) in [6.45, 7) is 4.60. The Morgan fingerprint density at radius 3 is 2.00 bits per heavy atom. The molecule has 0 N–H and O–H groups in total. The molecule has 0 saturated heterocycles. The van der Waals surface area contributed by atoms with Gasteiger partial charge in [-0.05, 0) is 56.6 Å². The van der Waals surface area contributed by atoms with Crippen molar-refractivity contribution in [2.45, 2.75) is 19.3 Å². The van der Waals surface area contributed by atoms with Crippen LogP contribution in [0.3, 0.4) is 0 Å². The Bertz CT molecular complexity index is 2770. The fourth-order valence-electron chi connectivity index (χ4n) is 7.76. The van der Waals surface area contributed by atoms with Gasteiger partial charge < -0.3 is 4.42 Å². The minimum atomic E-state index is -0.144. The summed E-state index contributed by atoms with van der Waals surface area (Å²) >= 11 is 0. The van der Waals surface area contributed by atoms with E-state index in [0.717, 1.165) is 49.4 Å². The van der Waals surface area contributed by atoms with E-state index in [1.807, 2.05) is 18.2 Å². The van der Waals surface area contributed by atoms with Crippen LogP contribution in [0.1, 0.15) is 25.0 Å². The van der Waals surface area contributed by atoms with Crippen molar-refractivity contribution in [2.75, 3.05) is 0 Å². The second-order valence-corrected chi connectivity index (χ2v) is 13.2. The normalized spacial score (nSPS) is 13.4. The van der Waals surface area contributed by atoms with Crippen LogP contribution >= 0.6 is 0 Å². The van der Waals surface area contributed by atoms with Crippen LogP contribution in [0.5, 0.6) is 0 Å². The highest BCUT2D eigenvalue weighted by atomic mass is 16.3. The van der Waals surface area contributed by atoms with Crippen molar-refractivity contribution in [2.24, 2.45) is 0 Å². The van der Waals surface area contributed by atoms with Crippen LogP contribution in [0.2, 0.25) is 0 Å². The molecule has 4 nitrogen and oxygen atoms in total. The highest BCUT2D eigenvalue weighted by Crippen LogP contribution is 2.49. The van der Waals surface area contributed by atoms with Crippen molar-refractivity contribution in [3.05, 3.63) is 151 Å². The maximum Gasteiger partial charge on any atom is 0.167 e. The van der Waals surface area contributed by atoms with Crippen molar-refractivity contribution in [3.63, 3.8) is 0 Å². The summed E-state index contributed by atoms with van der Waals surface area (Å²) in [7, 11) is 0. The number of para-hydroxylation sites is 2. The Morgan fingerprint density at radius 1 is 0.458 bits per heavy atom. The molecule has 2 aromatic heterocycles. The van der Waals surface area contributed by atoms with Gasteiger partial charge in [0, 0.05) is 32.7 Å². The van der Waals surface area contributed by atoms with Crippen molar-refractivity contribution in [1.82, 2.24) is 15.0 Å². The lowest BCUT2D eigenvalue weighted by molar-refractivity contribution is 0.660. The summed E-state index contributed by atoms with van der Waals surface area (Å²) in [5.41, 5.74) is 9.42. The predicted octanol–water partition coefficient (Wildman–Crippen LogP) is 11.4. The van der Waals surface area contributed by atoms with E-state index in [2.05, 4.69) is 135 Å². The fourth-order valence-corrected chi connectivity index (χ4v) is 7.76. The monoisotopic (exact) mass is 615 g/mol. The van der Waals surface area contributed by atoms with E-state index < -0.39 is 0 Å². The average molecular weight is 616 g/mol. The number of fused-ring (bicyclic) bond motifs is 9. The summed E-state index contributed by atoms with van der Waals surface area (Å²) in [6, 6.07) is 49.0. The summed E-state index contributed by atoms with van der Waals surface area (Å²) in [6.07, 6.45) is 0. The highest BCUT2D eigenvalue weighted by molar-refractivity contribution is 6.14. The molecule has 4 heteroatoms. The van der Waals surface area contributed by atoms with E-state index in [1.54, 1.807) is 0 Å². The Labute approximate surface area is 277 Å². The number of benzene rings is 7. The van der Waals surface area contributed by atoms with Crippen molar-refractivity contribution in [3.8, 4) is 45.3 Å². The Morgan fingerprint density at radius 2 is 1.08 bits per heavy atom. The molecular weight excluding hydrogens is 587 g/mol. The van der Waals surface area contributed by atoms with Crippen LogP contribution in [-0.2, 0) is 5.41 Å². The first-order valence-electron chi connectivity index (χ1n) is 16.4. The lowest BCUT2D eigenvalue weighted by Gasteiger charge is -2.21. The third kappa shape index (κ3) is 3.86. The number of rotatable bonds is 3. The van der Waals surface area contributed by atoms with Gasteiger partial charge in [0.15, 0.2) is 17.5 Å². The van der Waals surface area contributed by atoms with E-state index in [4.69, 9.17) is 19.4 Å². The van der Waals surface area contributed by atoms with Crippen molar-refractivity contribution in [1.29, 1.82) is 0 Å². The summed E-state index contributed by atoms with van der Waals surface area (Å²) < 4.78 is 6.48. The van der Waals surface area contributed by atoms with E-state index in [0.29, 0.717) is 17.5 Å². The predicted molar refractivity (Wildman–Crippen MR) is 196 cm³/mol.